The summed E-state index contributed by atoms with van der Waals surface area (Å²) in [6.45, 7) is 9.00. The minimum Gasteiger partial charge on any atom is -0.379 e. The fraction of sp³-hybridized carbons (Fsp3) is 0.571. The number of thioether (sulfide) groups is 1. The van der Waals surface area contributed by atoms with Gasteiger partial charge in [0, 0.05) is 22.0 Å². The monoisotopic (exact) mass is 285 g/mol. The number of ether oxygens (including phenoxy) is 1. The van der Waals surface area contributed by atoms with Crippen molar-refractivity contribution < 1.29 is 4.74 Å². The van der Waals surface area contributed by atoms with Crippen molar-refractivity contribution in [3.63, 3.8) is 0 Å². The standard InChI is InChI=1S/C14H20ClNOS/c1-14(2,3)16-7-11-12(15)5-4-6-13(11)18-10-8-17-9-10/h4-6,10,16H,7-9H2,1-3H3. The Morgan fingerprint density at radius 2 is 2.11 bits per heavy atom. The van der Waals surface area contributed by atoms with Gasteiger partial charge in [-0.05, 0) is 38.5 Å². The normalized spacial score (nSPS) is 16.7. The molecule has 4 heteroatoms. The Morgan fingerprint density at radius 1 is 1.39 bits per heavy atom. The first-order valence-corrected chi connectivity index (χ1v) is 7.48. The van der Waals surface area contributed by atoms with Crippen molar-refractivity contribution in [1.29, 1.82) is 0 Å². The summed E-state index contributed by atoms with van der Waals surface area (Å²) in [5.41, 5.74) is 1.30. The van der Waals surface area contributed by atoms with E-state index in [2.05, 4.69) is 32.2 Å². The van der Waals surface area contributed by atoms with Gasteiger partial charge in [0.15, 0.2) is 0 Å². The van der Waals surface area contributed by atoms with Gasteiger partial charge in [0.05, 0.1) is 18.5 Å². The van der Waals surface area contributed by atoms with Gasteiger partial charge < -0.3 is 10.1 Å². The predicted molar refractivity (Wildman–Crippen MR) is 78.5 cm³/mol. The lowest BCUT2D eigenvalue weighted by Crippen LogP contribution is -2.35. The largest absolute Gasteiger partial charge is 0.379 e. The van der Waals surface area contributed by atoms with Crippen molar-refractivity contribution in [1.82, 2.24) is 5.32 Å². The van der Waals surface area contributed by atoms with Gasteiger partial charge in [-0.2, -0.15) is 0 Å². The van der Waals surface area contributed by atoms with Crippen LogP contribution in [0.25, 0.3) is 0 Å². The summed E-state index contributed by atoms with van der Waals surface area (Å²) in [4.78, 5) is 1.27. The predicted octanol–water partition coefficient (Wildman–Crippen LogP) is 3.72. The van der Waals surface area contributed by atoms with E-state index in [1.807, 2.05) is 23.9 Å². The van der Waals surface area contributed by atoms with Crippen LogP contribution >= 0.6 is 23.4 Å². The van der Waals surface area contributed by atoms with Crippen molar-refractivity contribution >= 4 is 23.4 Å². The van der Waals surface area contributed by atoms with Crippen molar-refractivity contribution in [2.75, 3.05) is 13.2 Å². The molecule has 1 fully saturated rings. The number of hydrogen-bond donors (Lipinski definition) is 1. The highest BCUT2D eigenvalue weighted by molar-refractivity contribution is 8.00. The first-order chi connectivity index (χ1) is 8.46. The summed E-state index contributed by atoms with van der Waals surface area (Å²) in [5.74, 6) is 0. The van der Waals surface area contributed by atoms with E-state index in [1.165, 1.54) is 10.5 Å². The topological polar surface area (TPSA) is 21.3 Å². The molecule has 0 aromatic heterocycles. The van der Waals surface area contributed by atoms with Crippen molar-refractivity contribution in [3.8, 4) is 0 Å². The highest BCUT2D eigenvalue weighted by Crippen LogP contribution is 2.34. The summed E-state index contributed by atoms with van der Waals surface area (Å²) in [6, 6.07) is 6.13. The zero-order valence-corrected chi connectivity index (χ0v) is 12.7. The molecule has 0 saturated carbocycles. The average Bonchev–Trinajstić information content (AvgIpc) is 2.21. The second kappa shape index (κ2) is 5.83. The number of halogens is 1. The Labute approximate surface area is 118 Å². The molecule has 2 rings (SSSR count). The van der Waals surface area contributed by atoms with Gasteiger partial charge in [0.2, 0.25) is 0 Å². The third-order valence-electron chi connectivity index (χ3n) is 2.77. The van der Waals surface area contributed by atoms with Crippen LogP contribution in [0.2, 0.25) is 5.02 Å². The Hall–Kier alpha value is -0.220. The van der Waals surface area contributed by atoms with E-state index in [4.69, 9.17) is 16.3 Å². The molecule has 1 aliphatic rings. The Kier molecular flexibility index (Phi) is 4.59. The molecule has 1 heterocycles. The fourth-order valence-corrected chi connectivity index (χ4v) is 3.10. The maximum absolute atomic E-state index is 6.32. The maximum Gasteiger partial charge on any atom is 0.0611 e. The molecule has 0 bridgehead atoms. The number of benzene rings is 1. The van der Waals surface area contributed by atoms with Crippen LogP contribution in [0, 0.1) is 0 Å². The van der Waals surface area contributed by atoms with Crippen LogP contribution in [0.5, 0.6) is 0 Å². The van der Waals surface area contributed by atoms with E-state index >= 15 is 0 Å². The van der Waals surface area contributed by atoms with Gasteiger partial charge >= 0.3 is 0 Å². The molecule has 0 aliphatic carbocycles. The van der Waals surface area contributed by atoms with E-state index in [1.54, 1.807) is 0 Å². The maximum atomic E-state index is 6.32. The highest BCUT2D eigenvalue weighted by atomic mass is 35.5. The number of rotatable bonds is 4. The lowest BCUT2D eigenvalue weighted by molar-refractivity contribution is 0.0455. The van der Waals surface area contributed by atoms with Crippen LogP contribution in [0.1, 0.15) is 26.3 Å². The summed E-state index contributed by atoms with van der Waals surface area (Å²) < 4.78 is 5.22. The highest BCUT2D eigenvalue weighted by Gasteiger charge is 2.22. The molecule has 1 aliphatic heterocycles. The molecule has 0 unspecified atom stereocenters. The third kappa shape index (κ3) is 3.89. The fourth-order valence-electron chi connectivity index (χ4n) is 1.64. The zero-order chi connectivity index (χ0) is 13.2. The molecule has 2 nitrogen and oxygen atoms in total. The molecule has 100 valence electrons. The zero-order valence-electron chi connectivity index (χ0n) is 11.1. The first kappa shape index (κ1) is 14.2. The van der Waals surface area contributed by atoms with Crippen molar-refractivity contribution in [2.45, 2.75) is 43.0 Å². The summed E-state index contributed by atoms with van der Waals surface area (Å²) in [6.07, 6.45) is 0. The molecule has 0 atom stereocenters. The number of nitrogens with one attached hydrogen (secondary N) is 1. The Bertz CT molecular complexity index is 413. The SMILES string of the molecule is CC(C)(C)NCc1c(Cl)cccc1SC1COC1. The molecule has 0 amide bonds. The molecular formula is C14H20ClNOS. The Balaban J connectivity index is 2.10. The van der Waals surface area contributed by atoms with Gasteiger partial charge in [0.25, 0.3) is 0 Å². The van der Waals surface area contributed by atoms with Crippen LogP contribution < -0.4 is 5.32 Å². The van der Waals surface area contributed by atoms with E-state index in [0.717, 1.165) is 24.8 Å². The molecule has 1 aromatic carbocycles. The molecule has 0 radical (unpaired) electrons. The van der Waals surface area contributed by atoms with E-state index in [9.17, 15) is 0 Å². The van der Waals surface area contributed by atoms with Crippen LogP contribution in [-0.4, -0.2) is 24.0 Å². The molecular weight excluding hydrogens is 266 g/mol. The summed E-state index contributed by atoms with van der Waals surface area (Å²) in [7, 11) is 0. The molecule has 1 aromatic rings. The van der Waals surface area contributed by atoms with Gasteiger partial charge in [-0.25, -0.2) is 0 Å². The van der Waals surface area contributed by atoms with E-state index in [-0.39, 0.29) is 5.54 Å². The number of hydrogen-bond acceptors (Lipinski definition) is 3. The summed E-state index contributed by atoms with van der Waals surface area (Å²) >= 11 is 8.19. The minimum atomic E-state index is 0.0979. The third-order valence-corrected chi connectivity index (χ3v) is 4.37. The van der Waals surface area contributed by atoms with Crippen LogP contribution in [-0.2, 0) is 11.3 Å². The van der Waals surface area contributed by atoms with Crippen LogP contribution in [0.15, 0.2) is 23.1 Å². The lowest BCUT2D eigenvalue weighted by Gasteiger charge is -2.27. The summed E-state index contributed by atoms with van der Waals surface area (Å²) in [5, 5.41) is 4.92. The molecule has 18 heavy (non-hydrogen) atoms. The Morgan fingerprint density at radius 3 is 2.67 bits per heavy atom. The van der Waals surface area contributed by atoms with E-state index < -0.39 is 0 Å². The van der Waals surface area contributed by atoms with Crippen LogP contribution in [0.4, 0.5) is 0 Å². The second-order valence-electron chi connectivity index (χ2n) is 5.60. The van der Waals surface area contributed by atoms with Gasteiger partial charge in [-0.3, -0.25) is 0 Å². The first-order valence-electron chi connectivity index (χ1n) is 6.22. The molecule has 1 saturated heterocycles. The minimum absolute atomic E-state index is 0.0979. The van der Waals surface area contributed by atoms with Crippen LogP contribution in [0.3, 0.4) is 0 Å². The van der Waals surface area contributed by atoms with Crippen molar-refractivity contribution in [3.05, 3.63) is 28.8 Å². The second-order valence-corrected chi connectivity index (χ2v) is 7.35. The smallest absolute Gasteiger partial charge is 0.0611 e. The van der Waals surface area contributed by atoms with Gasteiger partial charge in [0.1, 0.15) is 0 Å². The molecule has 1 N–H and O–H groups in total. The van der Waals surface area contributed by atoms with Gasteiger partial charge in [-0.15, -0.1) is 11.8 Å². The van der Waals surface area contributed by atoms with Crippen molar-refractivity contribution in [2.24, 2.45) is 0 Å². The quantitative estimate of drug-likeness (QED) is 0.911. The van der Waals surface area contributed by atoms with Gasteiger partial charge in [-0.1, -0.05) is 17.7 Å². The lowest BCUT2D eigenvalue weighted by atomic mass is 10.1. The molecule has 0 spiro atoms. The average molecular weight is 286 g/mol. The van der Waals surface area contributed by atoms with E-state index in [0.29, 0.717) is 5.25 Å².